The van der Waals surface area contributed by atoms with E-state index in [0.717, 1.165) is 6.07 Å². The van der Waals surface area contributed by atoms with Crippen molar-refractivity contribution in [2.24, 2.45) is 5.73 Å². The summed E-state index contributed by atoms with van der Waals surface area (Å²) in [4.78, 5) is 9.75. The van der Waals surface area contributed by atoms with Crippen molar-refractivity contribution in [3.63, 3.8) is 0 Å². The Morgan fingerprint density at radius 2 is 2.12 bits per heavy atom. The highest BCUT2D eigenvalue weighted by molar-refractivity contribution is 5.43. The SMILES string of the molecule is NCCC(O)C(O)c1cccc(F)c1[N+](=O)[O-]. The molecule has 6 nitrogen and oxygen atoms in total. The summed E-state index contributed by atoms with van der Waals surface area (Å²) < 4.78 is 13.3. The third-order valence-corrected chi connectivity index (χ3v) is 2.35. The first-order valence-electron chi connectivity index (χ1n) is 4.98. The van der Waals surface area contributed by atoms with E-state index in [1.165, 1.54) is 12.1 Å². The normalized spacial score (nSPS) is 14.4. The highest BCUT2D eigenvalue weighted by atomic mass is 19.1. The molecule has 1 rings (SSSR count). The average Bonchev–Trinajstić information content (AvgIpc) is 2.27. The van der Waals surface area contributed by atoms with E-state index in [1.807, 2.05) is 0 Å². The topological polar surface area (TPSA) is 110 Å². The van der Waals surface area contributed by atoms with Crippen LogP contribution >= 0.6 is 0 Å². The van der Waals surface area contributed by atoms with Crippen molar-refractivity contribution in [1.29, 1.82) is 0 Å². The van der Waals surface area contributed by atoms with Gasteiger partial charge in [-0.25, -0.2) is 0 Å². The molecule has 0 aromatic heterocycles. The van der Waals surface area contributed by atoms with E-state index >= 15 is 0 Å². The number of halogens is 1. The molecular weight excluding hydrogens is 231 g/mol. The molecule has 0 amide bonds. The van der Waals surface area contributed by atoms with Gasteiger partial charge in [0, 0.05) is 0 Å². The smallest absolute Gasteiger partial charge is 0.310 e. The number of nitro benzene ring substituents is 1. The van der Waals surface area contributed by atoms with Crippen LogP contribution in [0.1, 0.15) is 18.1 Å². The van der Waals surface area contributed by atoms with E-state index in [0.29, 0.717) is 0 Å². The lowest BCUT2D eigenvalue weighted by Crippen LogP contribution is -2.22. The number of aliphatic hydroxyl groups excluding tert-OH is 2. The van der Waals surface area contributed by atoms with Crippen molar-refractivity contribution in [3.8, 4) is 0 Å². The van der Waals surface area contributed by atoms with Gasteiger partial charge in [0.2, 0.25) is 5.82 Å². The second-order valence-corrected chi connectivity index (χ2v) is 3.52. The van der Waals surface area contributed by atoms with Gasteiger partial charge >= 0.3 is 5.69 Å². The summed E-state index contributed by atoms with van der Waals surface area (Å²) in [5.41, 5.74) is 4.12. The maximum Gasteiger partial charge on any atom is 0.310 e. The van der Waals surface area contributed by atoms with Crippen LogP contribution in [0.3, 0.4) is 0 Å². The zero-order valence-corrected chi connectivity index (χ0v) is 8.91. The number of benzene rings is 1. The second kappa shape index (κ2) is 5.67. The molecule has 0 heterocycles. The number of nitro groups is 1. The lowest BCUT2D eigenvalue weighted by molar-refractivity contribution is -0.389. The Balaban J connectivity index is 3.13. The molecule has 2 atom stereocenters. The average molecular weight is 244 g/mol. The first-order chi connectivity index (χ1) is 7.99. The molecule has 0 aliphatic rings. The van der Waals surface area contributed by atoms with Crippen molar-refractivity contribution in [2.45, 2.75) is 18.6 Å². The molecule has 1 aromatic rings. The first-order valence-corrected chi connectivity index (χ1v) is 4.98. The number of nitrogens with zero attached hydrogens (tertiary/aromatic N) is 1. The van der Waals surface area contributed by atoms with Gasteiger partial charge in [-0.2, -0.15) is 4.39 Å². The van der Waals surface area contributed by atoms with Crippen LogP contribution in [0.15, 0.2) is 18.2 Å². The van der Waals surface area contributed by atoms with Crippen LogP contribution in [-0.4, -0.2) is 27.8 Å². The van der Waals surface area contributed by atoms with Crippen molar-refractivity contribution in [1.82, 2.24) is 0 Å². The number of aliphatic hydroxyl groups is 2. The second-order valence-electron chi connectivity index (χ2n) is 3.52. The Morgan fingerprint density at radius 1 is 1.47 bits per heavy atom. The summed E-state index contributed by atoms with van der Waals surface area (Å²) in [7, 11) is 0. The summed E-state index contributed by atoms with van der Waals surface area (Å²) in [5, 5.41) is 29.9. The van der Waals surface area contributed by atoms with Crippen LogP contribution < -0.4 is 5.73 Å². The Kier molecular flexibility index (Phi) is 4.50. The lowest BCUT2D eigenvalue weighted by Gasteiger charge is -2.17. The minimum Gasteiger partial charge on any atom is -0.390 e. The molecule has 7 heteroatoms. The minimum absolute atomic E-state index is 0.0643. The Bertz CT molecular complexity index is 413. The third-order valence-electron chi connectivity index (χ3n) is 2.35. The molecule has 0 aliphatic heterocycles. The van der Waals surface area contributed by atoms with Gasteiger partial charge in [0.1, 0.15) is 6.10 Å². The molecule has 4 N–H and O–H groups in total. The van der Waals surface area contributed by atoms with Gasteiger partial charge in [0.15, 0.2) is 0 Å². The van der Waals surface area contributed by atoms with Crippen molar-refractivity contribution >= 4 is 5.69 Å². The number of hydrogen-bond acceptors (Lipinski definition) is 5. The molecule has 0 fully saturated rings. The Hall–Kier alpha value is -1.57. The van der Waals surface area contributed by atoms with Crippen molar-refractivity contribution < 1.29 is 19.5 Å². The number of nitrogens with two attached hydrogens (primary N) is 1. The van der Waals surface area contributed by atoms with Crippen LogP contribution in [0.5, 0.6) is 0 Å². The van der Waals surface area contributed by atoms with Crippen LogP contribution in [0.4, 0.5) is 10.1 Å². The predicted molar refractivity (Wildman–Crippen MR) is 57.7 cm³/mol. The molecule has 0 saturated carbocycles. The zero-order valence-electron chi connectivity index (χ0n) is 8.91. The maximum absolute atomic E-state index is 13.3. The van der Waals surface area contributed by atoms with Gasteiger partial charge < -0.3 is 15.9 Å². The highest BCUT2D eigenvalue weighted by Gasteiger charge is 2.28. The molecular formula is C10H13FN2O4. The maximum atomic E-state index is 13.3. The van der Waals surface area contributed by atoms with Gasteiger partial charge in [-0.3, -0.25) is 10.1 Å². The molecule has 94 valence electrons. The summed E-state index contributed by atoms with van der Waals surface area (Å²) in [6, 6.07) is 3.35. The predicted octanol–water partition coefficient (Wildman–Crippen LogP) is 0.477. The minimum atomic E-state index is -1.53. The molecule has 17 heavy (non-hydrogen) atoms. The third kappa shape index (κ3) is 2.96. The molecule has 0 radical (unpaired) electrons. The standard InChI is InChI=1S/C10H13FN2O4/c11-7-3-1-2-6(9(7)13(16)17)10(15)8(14)4-5-12/h1-3,8,10,14-15H,4-5,12H2. The van der Waals surface area contributed by atoms with E-state index in [-0.39, 0.29) is 18.5 Å². The van der Waals surface area contributed by atoms with E-state index in [1.54, 1.807) is 0 Å². The first kappa shape index (κ1) is 13.5. The molecule has 0 bridgehead atoms. The highest BCUT2D eigenvalue weighted by Crippen LogP contribution is 2.30. The van der Waals surface area contributed by atoms with Gasteiger partial charge in [-0.1, -0.05) is 6.07 Å². The van der Waals surface area contributed by atoms with E-state index < -0.39 is 28.6 Å². The fourth-order valence-electron chi connectivity index (χ4n) is 1.50. The lowest BCUT2D eigenvalue weighted by atomic mass is 10.0. The molecule has 0 aliphatic carbocycles. The quantitative estimate of drug-likeness (QED) is 0.515. The summed E-state index contributed by atoms with van der Waals surface area (Å²) >= 11 is 0. The Morgan fingerprint density at radius 3 is 2.65 bits per heavy atom. The van der Waals surface area contributed by atoms with E-state index in [2.05, 4.69) is 0 Å². The summed E-state index contributed by atoms with van der Waals surface area (Å²) in [5.74, 6) is -1.05. The molecule has 0 spiro atoms. The van der Waals surface area contributed by atoms with Gasteiger partial charge in [-0.05, 0) is 25.1 Å². The van der Waals surface area contributed by atoms with Gasteiger partial charge in [0.05, 0.1) is 16.6 Å². The molecule has 1 aromatic carbocycles. The molecule has 2 unspecified atom stereocenters. The number of rotatable bonds is 5. The Labute approximate surface area is 96.6 Å². The number of hydrogen-bond donors (Lipinski definition) is 3. The van der Waals surface area contributed by atoms with Gasteiger partial charge in [0.25, 0.3) is 0 Å². The summed E-state index contributed by atoms with van der Waals surface area (Å²) in [6.45, 7) is 0.112. The van der Waals surface area contributed by atoms with Crippen molar-refractivity contribution in [3.05, 3.63) is 39.7 Å². The van der Waals surface area contributed by atoms with Crippen LogP contribution in [0.25, 0.3) is 0 Å². The van der Waals surface area contributed by atoms with Gasteiger partial charge in [-0.15, -0.1) is 0 Å². The van der Waals surface area contributed by atoms with Crippen LogP contribution in [0.2, 0.25) is 0 Å². The fourth-order valence-corrected chi connectivity index (χ4v) is 1.50. The van der Waals surface area contributed by atoms with E-state index in [9.17, 15) is 24.7 Å². The van der Waals surface area contributed by atoms with E-state index in [4.69, 9.17) is 5.73 Å². The van der Waals surface area contributed by atoms with Crippen LogP contribution in [-0.2, 0) is 0 Å². The largest absolute Gasteiger partial charge is 0.390 e. The fraction of sp³-hybridized carbons (Fsp3) is 0.400. The summed E-state index contributed by atoms with van der Waals surface area (Å²) in [6.07, 6.45) is -2.73. The van der Waals surface area contributed by atoms with Crippen LogP contribution in [0, 0.1) is 15.9 Å². The zero-order chi connectivity index (χ0) is 13.0. The van der Waals surface area contributed by atoms with Crippen molar-refractivity contribution in [2.75, 3.05) is 6.54 Å². The monoisotopic (exact) mass is 244 g/mol. The molecule has 0 saturated heterocycles. The number of para-hydroxylation sites is 1.